The lowest BCUT2D eigenvalue weighted by Gasteiger charge is -2.26. The van der Waals surface area contributed by atoms with Gasteiger partial charge in [0.15, 0.2) is 0 Å². The van der Waals surface area contributed by atoms with Crippen molar-refractivity contribution in [3.05, 3.63) is 0 Å². The Morgan fingerprint density at radius 2 is 1.64 bits per heavy atom. The van der Waals surface area contributed by atoms with Crippen molar-refractivity contribution in [2.24, 2.45) is 23.5 Å². The Hall–Kier alpha value is -0.0800. The minimum absolute atomic E-state index is 0.614. The molecule has 0 spiro atoms. The Morgan fingerprint density at radius 3 is 1.93 bits per heavy atom. The van der Waals surface area contributed by atoms with E-state index in [1.807, 2.05) is 0 Å². The van der Waals surface area contributed by atoms with Crippen LogP contribution in [0.15, 0.2) is 0 Å². The molecule has 0 aliphatic rings. The zero-order chi connectivity index (χ0) is 11.1. The van der Waals surface area contributed by atoms with Crippen LogP contribution in [0.2, 0.25) is 0 Å². The summed E-state index contributed by atoms with van der Waals surface area (Å²) < 4.78 is 0. The monoisotopic (exact) mass is 200 g/mol. The van der Waals surface area contributed by atoms with E-state index in [0.717, 1.165) is 13.1 Å². The summed E-state index contributed by atoms with van der Waals surface area (Å²) in [6, 6.07) is 0.641. The van der Waals surface area contributed by atoms with Gasteiger partial charge in [0.05, 0.1) is 0 Å². The highest BCUT2D eigenvalue weighted by Crippen LogP contribution is 2.10. The summed E-state index contributed by atoms with van der Waals surface area (Å²) in [5.41, 5.74) is 5.74. The van der Waals surface area contributed by atoms with Crippen LogP contribution < -0.4 is 11.1 Å². The van der Waals surface area contributed by atoms with Gasteiger partial charge in [-0.1, -0.05) is 34.6 Å². The number of hydrogen-bond donors (Lipinski definition) is 2. The van der Waals surface area contributed by atoms with Crippen molar-refractivity contribution in [1.82, 2.24) is 5.32 Å². The van der Waals surface area contributed by atoms with Gasteiger partial charge in [-0.15, -0.1) is 0 Å². The fourth-order valence-corrected chi connectivity index (χ4v) is 1.75. The average Bonchev–Trinajstić information content (AvgIpc) is 2.11. The van der Waals surface area contributed by atoms with Gasteiger partial charge in [0.25, 0.3) is 0 Å². The maximum atomic E-state index is 5.74. The van der Waals surface area contributed by atoms with Crippen molar-refractivity contribution < 1.29 is 0 Å². The van der Waals surface area contributed by atoms with E-state index in [9.17, 15) is 0 Å². The van der Waals surface area contributed by atoms with Crippen molar-refractivity contribution in [1.29, 1.82) is 0 Å². The highest BCUT2D eigenvalue weighted by molar-refractivity contribution is 4.73. The van der Waals surface area contributed by atoms with E-state index in [1.165, 1.54) is 6.42 Å². The van der Waals surface area contributed by atoms with Crippen LogP contribution in [-0.2, 0) is 0 Å². The van der Waals surface area contributed by atoms with Crippen molar-refractivity contribution >= 4 is 0 Å². The Morgan fingerprint density at radius 1 is 1.07 bits per heavy atom. The van der Waals surface area contributed by atoms with Gasteiger partial charge >= 0.3 is 0 Å². The Labute approximate surface area is 89.6 Å². The van der Waals surface area contributed by atoms with Crippen molar-refractivity contribution in [3.63, 3.8) is 0 Å². The second kappa shape index (κ2) is 7.24. The predicted molar refractivity (Wildman–Crippen MR) is 64.3 cm³/mol. The third-order valence-corrected chi connectivity index (χ3v) is 3.13. The normalized spacial score (nSPS) is 16.3. The molecule has 0 saturated carbocycles. The molecular weight excluding hydrogens is 172 g/mol. The van der Waals surface area contributed by atoms with E-state index in [0.29, 0.717) is 23.8 Å². The molecule has 2 heteroatoms. The Balaban J connectivity index is 3.88. The van der Waals surface area contributed by atoms with Crippen LogP contribution in [0.4, 0.5) is 0 Å². The van der Waals surface area contributed by atoms with Crippen molar-refractivity contribution in [2.45, 2.75) is 47.1 Å². The largest absolute Gasteiger partial charge is 0.330 e. The Kier molecular flexibility index (Phi) is 7.20. The molecule has 0 heterocycles. The van der Waals surface area contributed by atoms with Gasteiger partial charge in [0.1, 0.15) is 0 Å². The quantitative estimate of drug-likeness (QED) is 0.661. The second-order valence-corrected chi connectivity index (χ2v) is 4.91. The SMILES string of the molecule is CCC(NCC(CN)C(C)C)C(C)C. The molecule has 3 N–H and O–H groups in total. The highest BCUT2D eigenvalue weighted by atomic mass is 14.9. The second-order valence-electron chi connectivity index (χ2n) is 4.91. The van der Waals surface area contributed by atoms with E-state index in [1.54, 1.807) is 0 Å². The molecule has 0 fully saturated rings. The molecule has 0 amide bonds. The number of hydrogen-bond acceptors (Lipinski definition) is 2. The molecule has 0 rings (SSSR count). The molecule has 2 atom stereocenters. The summed E-state index contributed by atoms with van der Waals surface area (Å²) in [6.07, 6.45) is 1.20. The third-order valence-electron chi connectivity index (χ3n) is 3.13. The summed E-state index contributed by atoms with van der Waals surface area (Å²) in [5.74, 6) is 2.01. The van der Waals surface area contributed by atoms with Gasteiger partial charge in [-0.25, -0.2) is 0 Å². The predicted octanol–water partition coefficient (Wildman–Crippen LogP) is 2.24. The van der Waals surface area contributed by atoms with E-state index in [2.05, 4.69) is 39.9 Å². The number of nitrogens with two attached hydrogens (primary N) is 1. The molecule has 0 aromatic carbocycles. The van der Waals surface area contributed by atoms with Gasteiger partial charge in [0, 0.05) is 6.04 Å². The summed E-state index contributed by atoms with van der Waals surface area (Å²) in [7, 11) is 0. The van der Waals surface area contributed by atoms with E-state index < -0.39 is 0 Å². The minimum atomic E-state index is 0.614. The molecule has 2 nitrogen and oxygen atoms in total. The highest BCUT2D eigenvalue weighted by Gasteiger charge is 2.15. The fraction of sp³-hybridized carbons (Fsp3) is 1.00. The first-order valence-electron chi connectivity index (χ1n) is 5.96. The first-order valence-corrected chi connectivity index (χ1v) is 5.96. The van der Waals surface area contributed by atoms with Gasteiger partial charge in [-0.05, 0) is 37.3 Å². The number of nitrogens with one attached hydrogen (secondary N) is 1. The molecule has 0 saturated heterocycles. The molecule has 0 aromatic rings. The summed E-state index contributed by atoms with van der Waals surface area (Å²) in [5, 5.41) is 3.62. The molecule has 14 heavy (non-hydrogen) atoms. The maximum absolute atomic E-state index is 5.74. The van der Waals surface area contributed by atoms with Gasteiger partial charge in [0.2, 0.25) is 0 Å². The van der Waals surface area contributed by atoms with Gasteiger partial charge in [-0.3, -0.25) is 0 Å². The van der Waals surface area contributed by atoms with Crippen LogP contribution in [0.1, 0.15) is 41.0 Å². The Bertz CT molecular complexity index is 116. The van der Waals surface area contributed by atoms with Gasteiger partial charge in [-0.2, -0.15) is 0 Å². The van der Waals surface area contributed by atoms with Crippen LogP contribution in [-0.4, -0.2) is 19.1 Å². The lowest BCUT2D eigenvalue weighted by molar-refractivity contribution is 0.314. The topological polar surface area (TPSA) is 38.0 Å². The molecule has 0 aromatic heterocycles. The van der Waals surface area contributed by atoms with Crippen LogP contribution in [0.25, 0.3) is 0 Å². The van der Waals surface area contributed by atoms with Crippen LogP contribution >= 0.6 is 0 Å². The minimum Gasteiger partial charge on any atom is -0.330 e. The number of rotatable bonds is 7. The molecule has 86 valence electrons. The van der Waals surface area contributed by atoms with Crippen molar-refractivity contribution in [2.75, 3.05) is 13.1 Å². The maximum Gasteiger partial charge on any atom is 0.00875 e. The third kappa shape index (κ3) is 4.97. The summed E-state index contributed by atoms with van der Waals surface area (Å²) >= 11 is 0. The van der Waals surface area contributed by atoms with E-state index in [-0.39, 0.29) is 0 Å². The molecular formula is C12H28N2. The lowest BCUT2D eigenvalue weighted by Crippen LogP contribution is -2.40. The zero-order valence-electron chi connectivity index (χ0n) is 10.5. The van der Waals surface area contributed by atoms with Crippen molar-refractivity contribution in [3.8, 4) is 0 Å². The van der Waals surface area contributed by atoms with Crippen LogP contribution in [0, 0.1) is 17.8 Å². The first kappa shape index (κ1) is 13.9. The molecule has 0 aliphatic heterocycles. The zero-order valence-corrected chi connectivity index (χ0v) is 10.5. The van der Waals surface area contributed by atoms with E-state index in [4.69, 9.17) is 5.73 Å². The standard InChI is InChI=1S/C12H28N2/c1-6-12(10(4)5)14-8-11(7-13)9(2)3/h9-12,14H,6-8,13H2,1-5H3. The fourth-order valence-electron chi connectivity index (χ4n) is 1.75. The molecule has 2 unspecified atom stereocenters. The summed E-state index contributed by atoms with van der Waals surface area (Å²) in [4.78, 5) is 0. The smallest absolute Gasteiger partial charge is 0.00875 e. The average molecular weight is 200 g/mol. The first-order chi connectivity index (χ1) is 6.52. The van der Waals surface area contributed by atoms with Gasteiger partial charge < -0.3 is 11.1 Å². The van der Waals surface area contributed by atoms with Crippen LogP contribution in [0.3, 0.4) is 0 Å². The molecule has 0 aliphatic carbocycles. The molecule has 0 radical (unpaired) electrons. The van der Waals surface area contributed by atoms with E-state index >= 15 is 0 Å². The molecule has 0 bridgehead atoms. The van der Waals surface area contributed by atoms with Crippen LogP contribution in [0.5, 0.6) is 0 Å². The lowest BCUT2D eigenvalue weighted by atomic mass is 9.94. The summed E-state index contributed by atoms with van der Waals surface area (Å²) in [6.45, 7) is 13.1.